The molecule has 10 nitrogen and oxygen atoms in total. The third-order valence-corrected chi connectivity index (χ3v) is 4.20. The molecule has 1 aromatic heterocycles. The molecule has 0 bridgehead atoms. The summed E-state index contributed by atoms with van der Waals surface area (Å²) in [6, 6.07) is 2.36. The number of benzene rings is 1. The minimum absolute atomic E-state index is 0.252. The first-order chi connectivity index (χ1) is 10.1. The SMILES string of the molecule is O=S(=O)(O)c1ccc(S(=O)(=O)O)c(Nc2n[c]nc(Cl)n2)c1. The second-order valence-electron chi connectivity index (χ2n) is 3.76. The molecule has 22 heavy (non-hydrogen) atoms. The third kappa shape index (κ3) is 3.86. The summed E-state index contributed by atoms with van der Waals surface area (Å²) in [6.45, 7) is 0. The molecular formula is C9H6ClN4O6S2. The summed E-state index contributed by atoms with van der Waals surface area (Å²) in [7, 11) is -9.27. The normalized spacial score (nSPS) is 12.1. The first-order valence-corrected chi connectivity index (χ1v) is 8.47. The highest BCUT2D eigenvalue weighted by Gasteiger charge is 2.20. The van der Waals surface area contributed by atoms with Crippen LogP contribution in [0.1, 0.15) is 0 Å². The highest BCUT2D eigenvalue weighted by atomic mass is 35.5. The number of rotatable bonds is 4. The van der Waals surface area contributed by atoms with Gasteiger partial charge in [0.2, 0.25) is 17.6 Å². The van der Waals surface area contributed by atoms with E-state index in [9.17, 15) is 16.8 Å². The van der Waals surface area contributed by atoms with Crippen LogP contribution in [0.15, 0.2) is 28.0 Å². The van der Waals surface area contributed by atoms with Gasteiger partial charge in [0, 0.05) is 0 Å². The molecule has 0 saturated heterocycles. The average molecular weight is 366 g/mol. The van der Waals surface area contributed by atoms with E-state index in [0.29, 0.717) is 0 Å². The van der Waals surface area contributed by atoms with Crippen LogP contribution < -0.4 is 5.32 Å². The molecule has 2 rings (SSSR count). The van der Waals surface area contributed by atoms with Crippen molar-refractivity contribution in [1.82, 2.24) is 15.0 Å². The van der Waals surface area contributed by atoms with Crippen molar-refractivity contribution in [1.29, 1.82) is 0 Å². The first kappa shape index (κ1) is 16.5. The summed E-state index contributed by atoms with van der Waals surface area (Å²) in [4.78, 5) is 9.24. The van der Waals surface area contributed by atoms with E-state index < -0.39 is 35.7 Å². The van der Waals surface area contributed by atoms with Crippen LogP contribution >= 0.6 is 11.6 Å². The number of aromatic nitrogens is 3. The molecule has 0 unspecified atom stereocenters. The van der Waals surface area contributed by atoms with Crippen molar-refractivity contribution >= 4 is 43.5 Å². The Labute approximate surface area is 129 Å². The monoisotopic (exact) mass is 365 g/mol. The molecule has 0 aliphatic heterocycles. The van der Waals surface area contributed by atoms with Crippen LogP contribution in [0.3, 0.4) is 0 Å². The molecule has 117 valence electrons. The number of anilines is 2. The van der Waals surface area contributed by atoms with Gasteiger partial charge < -0.3 is 5.32 Å². The minimum atomic E-state index is -4.68. The second-order valence-corrected chi connectivity index (χ2v) is 6.91. The van der Waals surface area contributed by atoms with Gasteiger partial charge in [-0.05, 0) is 29.8 Å². The van der Waals surface area contributed by atoms with E-state index in [-0.39, 0.29) is 11.2 Å². The Morgan fingerprint density at radius 1 is 1.09 bits per heavy atom. The molecule has 3 N–H and O–H groups in total. The van der Waals surface area contributed by atoms with Crippen LogP contribution in [-0.2, 0) is 20.2 Å². The van der Waals surface area contributed by atoms with Crippen molar-refractivity contribution in [3.05, 3.63) is 29.8 Å². The van der Waals surface area contributed by atoms with Gasteiger partial charge in [-0.2, -0.15) is 31.8 Å². The Morgan fingerprint density at radius 3 is 2.32 bits per heavy atom. The van der Waals surface area contributed by atoms with Crippen molar-refractivity contribution < 1.29 is 25.9 Å². The zero-order valence-electron chi connectivity index (χ0n) is 10.3. The molecule has 0 amide bonds. The zero-order valence-corrected chi connectivity index (χ0v) is 12.7. The van der Waals surface area contributed by atoms with Gasteiger partial charge in [0.05, 0.1) is 10.6 Å². The van der Waals surface area contributed by atoms with Gasteiger partial charge >= 0.3 is 0 Å². The standard InChI is InChI=1S/C9H6ClN4O6S2/c10-8-11-4-12-9(14-8)13-6-3-5(21(15,16)17)1-2-7(6)22(18,19)20/h1-3H,(H,15,16,17)(H,18,19,20)(H,11,12,13,14). The van der Waals surface area contributed by atoms with Crippen LogP contribution in [0.5, 0.6) is 0 Å². The van der Waals surface area contributed by atoms with E-state index >= 15 is 0 Å². The van der Waals surface area contributed by atoms with Crippen molar-refractivity contribution in [2.75, 3.05) is 5.32 Å². The molecule has 1 radical (unpaired) electrons. The Kier molecular flexibility index (Phi) is 4.30. The van der Waals surface area contributed by atoms with Gasteiger partial charge in [0.15, 0.2) is 0 Å². The lowest BCUT2D eigenvalue weighted by Crippen LogP contribution is -2.08. The molecular weight excluding hydrogens is 360 g/mol. The highest BCUT2D eigenvalue weighted by molar-refractivity contribution is 7.86. The largest absolute Gasteiger partial charge is 0.323 e. The van der Waals surface area contributed by atoms with Crippen molar-refractivity contribution in [2.24, 2.45) is 0 Å². The highest BCUT2D eigenvalue weighted by Crippen LogP contribution is 2.26. The van der Waals surface area contributed by atoms with Gasteiger partial charge in [-0.15, -0.1) is 0 Å². The first-order valence-electron chi connectivity index (χ1n) is 5.21. The van der Waals surface area contributed by atoms with Gasteiger partial charge in [0.25, 0.3) is 20.2 Å². The van der Waals surface area contributed by atoms with Crippen molar-refractivity contribution in [2.45, 2.75) is 9.79 Å². The fourth-order valence-electron chi connectivity index (χ4n) is 1.42. The third-order valence-electron chi connectivity index (χ3n) is 2.27. The molecule has 0 atom stereocenters. The number of hydrogen-bond donors (Lipinski definition) is 3. The smallest absolute Gasteiger partial charge is 0.296 e. The fraction of sp³-hybridized carbons (Fsp3) is 0. The number of halogens is 1. The quantitative estimate of drug-likeness (QED) is 0.653. The predicted octanol–water partition coefficient (Wildman–Crippen LogP) is 0.562. The number of nitrogens with one attached hydrogen (secondary N) is 1. The second kappa shape index (κ2) is 5.73. The van der Waals surface area contributed by atoms with Crippen molar-refractivity contribution in [3.63, 3.8) is 0 Å². The number of nitrogens with zero attached hydrogens (tertiary/aromatic N) is 3. The molecule has 0 saturated carbocycles. The minimum Gasteiger partial charge on any atom is -0.323 e. The Bertz CT molecular complexity index is 931. The van der Waals surface area contributed by atoms with E-state index in [2.05, 4.69) is 26.6 Å². The lowest BCUT2D eigenvalue weighted by atomic mass is 10.3. The summed E-state index contributed by atoms with van der Waals surface area (Å²) in [5, 5.41) is 2.09. The maximum atomic E-state index is 11.3. The molecule has 0 aliphatic carbocycles. The Morgan fingerprint density at radius 2 is 1.77 bits per heavy atom. The summed E-state index contributed by atoms with van der Waals surface area (Å²) in [6.07, 6.45) is 2.12. The zero-order chi connectivity index (χ0) is 16.5. The van der Waals surface area contributed by atoms with Crippen molar-refractivity contribution in [3.8, 4) is 0 Å². The predicted molar refractivity (Wildman–Crippen MR) is 73.0 cm³/mol. The fourth-order valence-corrected chi connectivity index (χ4v) is 2.67. The summed E-state index contributed by atoms with van der Waals surface area (Å²) in [5.74, 6) is -0.252. The summed E-state index contributed by atoms with van der Waals surface area (Å²) < 4.78 is 62.9. The van der Waals surface area contributed by atoms with Crippen LogP contribution in [0.2, 0.25) is 5.28 Å². The molecule has 0 aliphatic rings. The van der Waals surface area contributed by atoms with E-state index in [1.54, 1.807) is 0 Å². The van der Waals surface area contributed by atoms with Gasteiger partial charge in [-0.25, -0.2) is 0 Å². The summed E-state index contributed by atoms with van der Waals surface area (Å²) in [5.41, 5.74) is -0.395. The maximum absolute atomic E-state index is 11.3. The molecule has 1 heterocycles. The maximum Gasteiger partial charge on any atom is 0.296 e. The Hall–Kier alpha value is -1.86. The average Bonchev–Trinajstić information content (AvgIpc) is 2.36. The molecule has 0 spiro atoms. The lowest BCUT2D eigenvalue weighted by molar-refractivity contribution is 0.479. The van der Waals surface area contributed by atoms with Crippen LogP contribution in [0.25, 0.3) is 0 Å². The van der Waals surface area contributed by atoms with E-state index in [0.717, 1.165) is 18.2 Å². The lowest BCUT2D eigenvalue weighted by Gasteiger charge is -2.10. The molecule has 0 fully saturated rings. The van der Waals surface area contributed by atoms with Crippen LogP contribution in [0.4, 0.5) is 11.6 Å². The van der Waals surface area contributed by atoms with Crippen LogP contribution in [0, 0.1) is 6.33 Å². The Balaban J connectivity index is 2.60. The summed E-state index contributed by atoms with van der Waals surface area (Å²) >= 11 is 5.51. The topological polar surface area (TPSA) is 159 Å². The number of hydrogen-bond acceptors (Lipinski definition) is 8. The van der Waals surface area contributed by atoms with E-state index in [1.807, 2.05) is 0 Å². The molecule has 1 aromatic carbocycles. The van der Waals surface area contributed by atoms with Gasteiger partial charge in [-0.3, -0.25) is 9.11 Å². The van der Waals surface area contributed by atoms with E-state index in [1.165, 1.54) is 0 Å². The van der Waals surface area contributed by atoms with Crippen LogP contribution in [-0.4, -0.2) is 40.9 Å². The molecule has 2 aromatic rings. The van der Waals surface area contributed by atoms with E-state index in [4.69, 9.17) is 20.7 Å². The molecule has 13 heteroatoms. The van der Waals surface area contributed by atoms with Gasteiger partial charge in [0.1, 0.15) is 4.90 Å². The van der Waals surface area contributed by atoms with Gasteiger partial charge in [-0.1, -0.05) is 0 Å².